The molecular weight excluding hydrogens is 208 g/mol. The van der Waals surface area contributed by atoms with Crippen LogP contribution in [0.15, 0.2) is 0 Å². The van der Waals surface area contributed by atoms with Crippen LogP contribution in [0.25, 0.3) is 0 Å². The molecule has 4 heteroatoms. The van der Waals surface area contributed by atoms with Crippen molar-refractivity contribution in [2.24, 2.45) is 11.8 Å². The number of carbonyl (C=O) groups is 2. The van der Waals surface area contributed by atoms with E-state index in [9.17, 15) is 9.59 Å². The molecule has 2 N–H and O–H groups in total. The SMILES string of the molecule is CCCCCC(CC(C)CC(=O)O)C(=O)O. The van der Waals surface area contributed by atoms with E-state index < -0.39 is 11.9 Å². The summed E-state index contributed by atoms with van der Waals surface area (Å²) in [6.07, 6.45) is 4.19. The molecule has 0 spiro atoms. The van der Waals surface area contributed by atoms with E-state index in [1.807, 2.05) is 0 Å². The minimum absolute atomic E-state index is 0.0531. The second kappa shape index (κ2) is 8.13. The highest BCUT2D eigenvalue weighted by atomic mass is 16.4. The van der Waals surface area contributed by atoms with Crippen molar-refractivity contribution in [1.82, 2.24) is 0 Å². The first kappa shape index (κ1) is 14.9. The quantitative estimate of drug-likeness (QED) is 0.597. The van der Waals surface area contributed by atoms with E-state index in [-0.39, 0.29) is 18.3 Å². The Labute approximate surface area is 96.7 Å². The third-order valence-corrected chi connectivity index (χ3v) is 2.72. The average Bonchev–Trinajstić information content (AvgIpc) is 2.15. The maximum absolute atomic E-state index is 11.0. The molecule has 0 fully saturated rings. The van der Waals surface area contributed by atoms with E-state index in [4.69, 9.17) is 10.2 Å². The molecule has 2 unspecified atom stereocenters. The molecular formula is C12H22O4. The Morgan fingerprint density at radius 2 is 1.81 bits per heavy atom. The van der Waals surface area contributed by atoms with Crippen LogP contribution in [0.1, 0.15) is 52.4 Å². The molecule has 0 heterocycles. The predicted octanol–water partition coefficient (Wildman–Crippen LogP) is 2.77. The molecule has 94 valence electrons. The first-order chi connectivity index (χ1) is 7.47. The number of rotatable bonds is 9. The molecule has 0 aliphatic rings. The number of hydrogen-bond acceptors (Lipinski definition) is 2. The van der Waals surface area contributed by atoms with Crippen molar-refractivity contribution in [1.29, 1.82) is 0 Å². The van der Waals surface area contributed by atoms with Gasteiger partial charge in [0.1, 0.15) is 0 Å². The normalized spacial score (nSPS) is 14.4. The van der Waals surface area contributed by atoms with Crippen LogP contribution in [-0.4, -0.2) is 22.2 Å². The van der Waals surface area contributed by atoms with Crippen LogP contribution in [0.4, 0.5) is 0 Å². The lowest BCUT2D eigenvalue weighted by atomic mass is 9.89. The second-order valence-electron chi connectivity index (χ2n) is 4.47. The van der Waals surface area contributed by atoms with Gasteiger partial charge in [0.25, 0.3) is 0 Å². The fraction of sp³-hybridized carbons (Fsp3) is 0.833. The molecule has 4 nitrogen and oxygen atoms in total. The lowest BCUT2D eigenvalue weighted by Gasteiger charge is -2.15. The minimum atomic E-state index is -0.856. The lowest BCUT2D eigenvalue weighted by Crippen LogP contribution is -2.18. The van der Waals surface area contributed by atoms with Gasteiger partial charge in [0, 0.05) is 6.42 Å². The molecule has 0 amide bonds. The number of carboxylic acid groups (broad SMARTS) is 2. The summed E-state index contributed by atoms with van der Waals surface area (Å²) in [6, 6.07) is 0. The summed E-state index contributed by atoms with van der Waals surface area (Å²) in [5.41, 5.74) is 0. The first-order valence-corrected chi connectivity index (χ1v) is 5.92. The molecule has 0 aromatic heterocycles. The Kier molecular flexibility index (Phi) is 7.60. The van der Waals surface area contributed by atoms with Crippen LogP contribution in [0.3, 0.4) is 0 Å². The smallest absolute Gasteiger partial charge is 0.306 e. The van der Waals surface area contributed by atoms with Crippen LogP contribution < -0.4 is 0 Å². The fourth-order valence-electron chi connectivity index (χ4n) is 1.85. The maximum Gasteiger partial charge on any atom is 0.306 e. The molecule has 0 bridgehead atoms. The number of unbranched alkanes of at least 4 members (excludes halogenated alkanes) is 2. The Bertz CT molecular complexity index is 225. The highest BCUT2D eigenvalue weighted by molar-refractivity contribution is 5.70. The van der Waals surface area contributed by atoms with Gasteiger partial charge in [-0.25, -0.2) is 0 Å². The van der Waals surface area contributed by atoms with Crippen molar-refractivity contribution < 1.29 is 19.8 Å². The Morgan fingerprint density at radius 3 is 2.25 bits per heavy atom. The van der Waals surface area contributed by atoms with E-state index in [0.29, 0.717) is 12.8 Å². The van der Waals surface area contributed by atoms with Gasteiger partial charge in [0.05, 0.1) is 5.92 Å². The number of aliphatic carboxylic acids is 2. The third-order valence-electron chi connectivity index (χ3n) is 2.72. The van der Waals surface area contributed by atoms with Gasteiger partial charge in [0.15, 0.2) is 0 Å². The van der Waals surface area contributed by atoms with Crippen molar-refractivity contribution in [2.75, 3.05) is 0 Å². The van der Waals surface area contributed by atoms with E-state index >= 15 is 0 Å². The van der Waals surface area contributed by atoms with Crippen molar-refractivity contribution in [2.45, 2.75) is 52.4 Å². The van der Waals surface area contributed by atoms with Crippen molar-refractivity contribution >= 4 is 11.9 Å². The summed E-state index contributed by atoms with van der Waals surface area (Å²) in [6.45, 7) is 3.87. The topological polar surface area (TPSA) is 74.6 Å². The van der Waals surface area contributed by atoms with Gasteiger partial charge in [-0.2, -0.15) is 0 Å². The van der Waals surface area contributed by atoms with Crippen LogP contribution >= 0.6 is 0 Å². The van der Waals surface area contributed by atoms with Gasteiger partial charge in [0.2, 0.25) is 0 Å². The molecule has 0 saturated heterocycles. The summed E-state index contributed by atoms with van der Waals surface area (Å²) >= 11 is 0. The molecule has 0 aliphatic heterocycles. The molecule has 0 aromatic rings. The van der Waals surface area contributed by atoms with Crippen molar-refractivity contribution in [3.8, 4) is 0 Å². The average molecular weight is 230 g/mol. The van der Waals surface area contributed by atoms with Gasteiger partial charge in [-0.15, -0.1) is 0 Å². The minimum Gasteiger partial charge on any atom is -0.481 e. The van der Waals surface area contributed by atoms with E-state index in [0.717, 1.165) is 19.3 Å². The Hall–Kier alpha value is -1.06. The zero-order valence-corrected chi connectivity index (χ0v) is 10.1. The zero-order chi connectivity index (χ0) is 12.6. The zero-order valence-electron chi connectivity index (χ0n) is 10.1. The van der Waals surface area contributed by atoms with Crippen molar-refractivity contribution in [3.63, 3.8) is 0 Å². The highest BCUT2D eigenvalue weighted by Gasteiger charge is 2.21. The van der Waals surface area contributed by atoms with Crippen molar-refractivity contribution in [3.05, 3.63) is 0 Å². The third kappa shape index (κ3) is 7.26. The Morgan fingerprint density at radius 1 is 1.19 bits per heavy atom. The molecule has 16 heavy (non-hydrogen) atoms. The van der Waals surface area contributed by atoms with Gasteiger partial charge in [-0.1, -0.05) is 33.1 Å². The van der Waals surface area contributed by atoms with Gasteiger partial charge in [-0.3, -0.25) is 9.59 Å². The second-order valence-corrected chi connectivity index (χ2v) is 4.47. The van der Waals surface area contributed by atoms with Crippen LogP contribution in [0.5, 0.6) is 0 Å². The molecule has 2 atom stereocenters. The fourth-order valence-corrected chi connectivity index (χ4v) is 1.85. The lowest BCUT2D eigenvalue weighted by molar-refractivity contribution is -0.144. The van der Waals surface area contributed by atoms with E-state index in [2.05, 4.69) is 6.92 Å². The van der Waals surface area contributed by atoms with E-state index in [1.165, 1.54) is 0 Å². The van der Waals surface area contributed by atoms with Gasteiger partial charge in [-0.05, 0) is 18.8 Å². The molecule has 0 saturated carbocycles. The molecule has 0 rings (SSSR count). The summed E-state index contributed by atoms with van der Waals surface area (Å²) in [7, 11) is 0. The maximum atomic E-state index is 11.0. The monoisotopic (exact) mass is 230 g/mol. The largest absolute Gasteiger partial charge is 0.481 e. The van der Waals surface area contributed by atoms with Crippen LogP contribution in [0, 0.1) is 11.8 Å². The predicted molar refractivity (Wildman–Crippen MR) is 61.3 cm³/mol. The summed E-state index contributed by atoms with van der Waals surface area (Å²) in [4.78, 5) is 21.4. The number of carboxylic acids is 2. The summed E-state index contributed by atoms with van der Waals surface area (Å²) in [5.74, 6) is -2.11. The molecule has 0 radical (unpaired) electrons. The van der Waals surface area contributed by atoms with Gasteiger partial charge >= 0.3 is 11.9 Å². The summed E-state index contributed by atoms with van der Waals surface area (Å²) in [5, 5.41) is 17.6. The molecule has 0 aromatic carbocycles. The number of hydrogen-bond donors (Lipinski definition) is 2. The molecule has 0 aliphatic carbocycles. The summed E-state index contributed by atoms with van der Waals surface area (Å²) < 4.78 is 0. The highest BCUT2D eigenvalue weighted by Crippen LogP contribution is 2.21. The van der Waals surface area contributed by atoms with E-state index in [1.54, 1.807) is 6.92 Å². The van der Waals surface area contributed by atoms with Crippen LogP contribution in [0.2, 0.25) is 0 Å². The standard InChI is InChI=1S/C12H22O4/c1-3-4-5-6-10(12(15)16)7-9(2)8-11(13)14/h9-10H,3-8H2,1-2H3,(H,13,14)(H,15,16). The van der Waals surface area contributed by atoms with Crippen LogP contribution in [-0.2, 0) is 9.59 Å². The Balaban J connectivity index is 4.01. The van der Waals surface area contributed by atoms with Gasteiger partial charge < -0.3 is 10.2 Å². The first-order valence-electron chi connectivity index (χ1n) is 5.92.